The highest BCUT2D eigenvalue weighted by molar-refractivity contribution is 6.38. The Morgan fingerprint density at radius 1 is 0.757 bits per heavy atom. The van der Waals surface area contributed by atoms with Crippen LogP contribution in [-0.2, 0) is 51.1 Å². The monoisotopic (exact) mass is 972 g/mol. The first-order valence-electron chi connectivity index (χ1n) is 23.8. The number of amides is 5. The van der Waals surface area contributed by atoms with E-state index in [0.717, 1.165) is 22.4 Å². The minimum Gasteiger partial charge on any atom is -0.461 e. The van der Waals surface area contributed by atoms with Gasteiger partial charge in [0.25, 0.3) is 11.8 Å². The minimum absolute atomic E-state index is 0.105. The van der Waals surface area contributed by atoms with E-state index < -0.39 is 88.2 Å². The van der Waals surface area contributed by atoms with E-state index in [4.69, 9.17) is 14.2 Å². The zero-order valence-electron chi connectivity index (χ0n) is 42.3. The predicted molar refractivity (Wildman–Crippen MR) is 262 cm³/mol. The summed E-state index contributed by atoms with van der Waals surface area (Å²) in [6.07, 6.45) is 0.856. The highest BCUT2D eigenvalue weighted by atomic mass is 16.6. The van der Waals surface area contributed by atoms with E-state index in [1.54, 1.807) is 61.6 Å². The van der Waals surface area contributed by atoms with Gasteiger partial charge in [-0.25, -0.2) is 19.4 Å². The van der Waals surface area contributed by atoms with Crippen LogP contribution in [0.5, 0.6) is 0 Å². The third-order valence-corrected chi connectivity index (χ3v) is 12.3. The van der Waals surface area contributed by atoms with Gasteiger partial charge in [0.2, 0.25) is 11.7 Å². The topological polar surface area (TPSA) is 235 Å². The van der Waals surface area contributed by atoms with Gasteiger partial charge < -0.3 is 40.2 Å². The Bertz CT molecular complexity index is 2230. The minimum atomic E-state index is -1.33. The lowest BCUT2D eigenvalue weighted by Gasteiger charge is -2.36. The number of piperidine rings is 1. The van der Waals surface area contributed by atoms with E-state index in [0.29, 0.717) is 25.7 Å². The van der Waals surface area contributed by atoms with Crippen LogP contribution in [0.25, 0.3) is 11.3 Å². The molecule has 3 unspecified atom stereocenters. The summed E-state index contributed by atoms with van der Waals surface area (Å²) in [7, 11) is 1.20. The number of likely N-dealkylation sites (tertiary alicyclic amines) is 1. The molecule has 5 N–H and O–H groups in total. The summed E-state index contributed by atoms with van der Waals surface area (Å²) >= 11 is 0. The van der Waals surface area contributed by atoms with Crippen LogP contribution in [0.15, 0.2) is 79.0 Å². The molecule has 18 nitrogen and oxygen atoms in total. The number of nitrogens with zero attached hydrogens (tertiary/aromatic N) is 3. The first-order valence-corrected chi connectivity index (χ1v) is 23.8. The van der Waals surface area contributed by atoms with Gasteiger partial charge in [0.15, 0.2) is 0 Å². The molecule has 1 aromatic heterocycles. The molecule has 1 aliphatic rings. The molecule has 1 saturated heterocycles. The lowest BCUT2D eigenvalue weighted by molar-refractivity contribution is -0.161. The molecule has 18 heteroatoms. The van der Waals surface area contributed by atoms with Crippen LogP contribution in [0.2, 0.25) is 0 Å². The quantitative estimate of drug-likeness (QED) is 0.0292. The number of hydrogen-bond donors (Lipinski definition) is 5. The smallest absolute Gasteiger partial charge is 0.407 e. The Kier molecular flexibility index (Phi) is 20.4. The number of hydrazine groups is 1. The van der Waals surface area contributed by atoms with Crippen molar-refractivity contribution in [3.05, 3.63) is 90.1 Å². The third kappa shape index (κ3) is 16.6. The van der Waals surface area contributed by atoms with Crippen LogP contribution >= 0.6 is 0 Å². The van der Waals surface area contributed by atoms with Crippen molar-refractivity contribution >= 4 is 41.7 Å². The molecule has 382 valence electrons. The van der Waals surface area contributed by atoms with E-state index in [1.807, 2.05) is 79.7 Å². The molecule has 1 fully saturated rings. The number of aromatic nitrogens is 1. The summed E-state index contributed by atoms with van der Waals surface area (Å²) in [5.74, 6) is -3.20. The van der Waals surface area contributed by atoms with Gasteiger partial charge in [-0.3, -0.25) is 29.6 Å². The number of aliphatic hydroxyl groups excluding tert-OH is 1. The molecule has 2 heterocycles. The van der Waals surface area contributed by atoms with Gasteiger partial charge in [-0.1, -0.05) is 123 Å². The number of nitrogens with one attached hydrogen (secondary N) is 4. The van der Waals surface area contributed by atoms with Crippen molar-refractivity contribution in [1.29, 1.82) is 0 Å². The van der Waals surface area contributed by atoms with Crippen molar-refractivity contribution in [3.63, 3.8) is 0 Å². The zero-order valence-corrected chi connectivity index (χ0v) is 42.3. The molecule has 4 rings (SSSR count). The lowest BCUT2D eigenvalue weighted by Crippen LogP contribution is -2.61. The Morgan fingerprint density at radius 3 is 1.97 bits per heavy atom. The number of ether oxygens (including phenoxy) is 3. The number of benzene rings is 2. The van der Waals surface area contributed by atoms with Crippen molar-refractivity contribution in [2.24, 2.45) is 16.2 Å². The number of pyridine rings is 1. The molecule has 2 aromatic carbocycles. The summed E-state index contributed by atoms with van der Waals surface area (Å²) in [5.41, 5.74) is 3.57. The number of ketones is 1. The number of carbonyl (C=O) groups excluding carboxylic acids is 7. The first-order chi connectivity index (χ1) is 32.9. The highest BCUT2D eigenvalue weighted by Gasteiger charge is 2.41. The van der Waals surface area contributed by atoms with Crippen molar-refractivity contribution < 1.29 is 52.9 Å². The number of alkyl carbamates (subject to hydrolysis) is 2. The number of esters is 1. The number of carbonyl (C=O) groups is 7. The van der Waals surface area contributed by atoms with E-state index in [2.05, 4.69) is 26.4 Å². The molecule has 70 heavy (non-hydrogen) atoms. The summed E-state index contributed by atoms with van der Waals surface area (Å²) in [4.78, 5) is 99.0. The third-order valence-electron chi connectivity index (χ3n) is 12.3. The van der Waals surface area contributed by atoms with Crippen LogP contribution in [-0.4, -0.2) is 125 Å². The number of methoxy groups -OCH3 is 1. The molecular weight excluding hydrogens is 899 g/mol. The van der Waals surface area contributed by atoms with Crippen molar-refractivity contribution in [2.45, 2.75) is 131 Å². The maximum absolute atomic E-state index is 14.3. The second-order valence-electron chi connectivity index (χ2n) is 20.4. The fourth-order valence-corrected chi connectivity index (χ4v) is 7.74. The lowest BCUT2D eigenvalue weighted by atomic mass is 9.84. The summed E-state index contributed by atoms with van der Waals surface area (Å²) in [5, 5.41) is 21.8. The van der Waals surface area contributed by atoms with Gasteiger partial charge in [-0.05, 0) is 66.2 Å². The van der Waals surface area contributed by atoms with E-state index in [-0.39, 0.29) is 39.3 Å². The van der Waals surface area contributed by atoms with Gasteiger partial charge in [-0.15, -0.1) is 0 Å². The largest absolute Gasteiger partial charge is 0.461 e. The SMILES string of the molecule is CCC(C)(C)C(=O)C(=O)N1CCCCC1C(=O)OCCOC(=O)NC(C(=O)NC(Cc1ccccc1)[C@@H](O)CN(Cc1ccc(-c2ccccn2)cc1)NC(=O)[C@@H](NC(=O)OC)C(C)(C)C)C(C)(C)C. The normalized spacial score (nSPS) is 15.9. The molecule has 0 aliphatic carbocycles. The van der Waals surface area contributed by atoms with Crippen molar-refractivity contribution in [3.8, 4) is 11.3 Å². The van der Waals surface area contributed by atoms with Gasteiger partial charge in [0, 0.05) is 36.8 Å². The highest BCUT2D eigenvalue weighted by Crippen LogP contribution is 2.27. The fraction of sp³-hybridized carbons (Fsp3) is 0.538. The zero-order chi connectivity index (χ0) is 51.8. The van der Waals surface area contributed by atoms with Gasteiger partial charge in [0.1, 0.15) is 31.3 Å². The Balaban J connectivity index is 1.50. The Labute approximate surface area is 411 Å². The van der Waals surface area contributed by atoms with Crippen molar-refractivity contribution in [2.75, 3.05) is 33.4 Å². The molecule has 5 atom stereocenters. The summed E-state index contributed by atoms with van der Waals surface area (Å²) in [6.45, 7) is 15.2. The first kappa shape index (κ1) is 56.2. The Morgan fingerprint density at radius 2 is 1.37 bits per heavy atom. The maximum atomic E-state index is 14.3. The fourth-order valence-electron chi connectivity index (χ4n) is 7.74. The number of hydrogen-bond acceptors (Lipinski definition) is 13. The molecule has 1 aliphatic heterocycles. The standard InChI is InChI=1S/C52H73N7O11/c1-11-52(8,9)43(61)46(64)59-28-18-16-22-39(59)47(65)69-29-30-70-49(67)56-41(50(2,3)4)44(62)54-38(31-34-19-13-12-14-20-34)40(60)33-58(57-45(63)42(51(5,6)7)55-48(66)68-10)32-35-23-25-36(26-24-35)37-21-15-17-27-53-37/h12-15,17,19-21,23-27,38-42,60H,11,16,18,22,28-33H2,1-10H3,(H,54,62)(H,55,66)(H,56,67)(H,57,63)/t38?,39?,40-,41?,42+/m0/s1. The maximum Gasteiger partial charge on any atom is 0.407 e. The predicted octanol–water partition coefficient (Wildman–Crippen LogP) is 5.51. The second-order valence-corrected chi connectivity index (χ2v) is 20.4. The van der Waals surface area contributed by atoms with Crippen LogP contribution in [0.3, 0.4) is 0 Å². The molecule has 3 aromatic rings. The van der Waals surface area contributed by atoms with E-state index in [1.165, 1.54) is 17.0 Å². The average molecular weight is 972 g/mol. The van der Waals surface area contributed by atoms with Crippen molar-refractivity contribution in [1.82, 2.24) is 36.3 Å². The number of Topliss-reactive ketones (excluding diaryl/α,β-unsaturated/α-hetero) is 1. The van der Waals surface area contributed by atoms with Crippen LogP contribution < -0.4 is 21.4 Å². The van der Waals surface area contributed by atoms with Gasteiger partial charge in [0.05, 0.1) is 24.9 Å². The molecular formula is C52H73N7O11. The van der Waals surface area contributed by atoms with Gasteiger partial charge >= 0.3 is 18.2 Å². The molecule has 0 bridgehead atoms. The van der Waals surface area contributed by atoms with Crippen LogP contribution in [0, 0.1) is 16.2 Å². The van der Waals surface area contributed by atoms with E-state index in [9.17, 15) is 38.7 Å². The average Bonchev–Trinajstić information content (AvgIpc) is 3.32. The van der Waals surface area contributed by atoms with Gasteiger partial charge in [-0.2, -0.15) is 0 Å². The summed E-state index contributed by atoms with van der Waals surface area (Å²) < 4.78 is 15.6. The summed E-state index contributed by atoms with van der Waals surface area (Å²) in [6, 6.07) is 18.2. The Hall–Kier alpha value is -6.40. The van der Waals surface area contributed by atoms with Crippen LogP contribution in [0.1, 0.15) is 99.1 Å². The molecule has 0 radical (unpaired) electrons. The number of aliphatic hydroxyl groups is 1. The van der Waals surface area contributed by atoms with Crippen LogP contribution in [0.4, 0.5) is 9.59 Å². The molecule has 0 spiro atoms. The number of rotatable bonds is 21. The van der Waals surface area contributed by atoms with E-state index >= 15 is 0 Å². The molecule has 5 amide bonds. The molecule has 0 saturated carbocycles. The second kappa shape index (κ2) is 25.5.